The van der Waals surface area contributed by atoms with Crippen LogP contribution in [0.4, 0.5) is 11.5 Å². The largest absolute Gasteiger partial charge is 0.493 e. The van der Waals surface area contributed by atoms with Gasteiger partial charge in [0.25, 0.3) is 0 Å². The summed E-state index contributed by atoms with van der Waals surface area (Å²) in [6, 6.07) is 11.9. The van der Waals surface area contributed by atoms with Crippen LogP contribution < -0.4 is 14.8 Å². The second-order valence-corrected chi connectivity index (χ2v) is 6.83. The number of hydrogen-bond donors (Lipinski definition) is 1. The molecular formula is C22H22N4O2. The molecule has 28 heavy (non-hydrogen) atoms. The lowest BCUT2D eigenvalue weighted by Gasteiger charge is -2.37. The third-order valence-corrected chi connectivity index (χ3v) is 5.08. The molecule has 1 N–H and O–H groups in total. The predicted octanol–water partition coefficient (Wildman–Crippen LogP) is 3.45. The van der Waals surface area contributed by atoms with Crippen LogP contribution in [0, 0.1) is 12.3 Å². The van der Waals surface area contributed by atoms with Crippen LogP contribution in [0.3, 0.4) is 0 Å². The average molecular weight is 374 g/mol. The van der Waals surface area contributed by atoms with Crippen molar-refractivity contribution in [2.75, 3.05) is 32.6 Å². The van der Waals surface area contributed by atoms with Crippen LogP contribution in [-0.2, 0) is 0 Å². The molecule has 0 radical (unpaired) electrons. The molecule has 1 aliphatic heterocycles. The third kappa shape index (κ3) is 3.57. The van der Waals surface area contributed by atoms with Gasteiger partial charge in [0, 0.05) is 28.7 Å². The van der Waals surface area contributed by atoms with Gasteiger partial charge in [0.2, 0.25) is 0 Å². The molecule has 1 fully saturated rings. The summed E-state index contributed by atoms with van der Waals surface area (Å²) >= 11 is 0. The Balaban J connectivity index is 1.66. The fourth-order valence-electron chi connectivity index (χ4n) is 3.23. The molecule has 1 aliphatic rings. The molecule has 2 heterocycles. The number of methoxy groups -OCH3 is 1. The van der Waals surface area contributed by atoms with Gasteiger partial charge in [-0.15, -0.1) is 6.42 Å². The Morgan fingerprint density at radius 2 is 2.14 bits per heavy atom. The summed E-state index contributed by atoms with van der Waals surface area (Å²) in [4.78, 5) is 11.1. The quantitative estimate of drug-likeness (QED) is 0.667. The van der Waals surface area contributed by atoms with E-state index < -0.39 is 0 Å². The highest BCUT2D eigenvalue weighted by Gasteiger charge is 2.25. The Morgan fingerprint density at radius 3 is 2.86 bits per heavy atom. The SMILES string of the molecule is C#Cc1cccc(Nc2ncnc3cc(OC)c(OC[C@H]4CCN4C)cc23)c1. The molecule has 0 unspecified atom stereocenters. The van der Waals surface area contributed by atoms with Crippen LogP contribution in [0.15, 0.2) is 42.7 Å². The molecule has 1 aromatic heterocycles. The number of rotatable bonds is 6. The van der Waals surface area contributed by atoms with Gasteiger partial charge in [0.1, 0.15) is 18.8 Å². The second kappa shape index (κ2) is 7.75. The van der Waals surface area contributed by atoms with Gasteiger partial charge < -0.3 is 14.8 Å². The van der Waals surface area contributed by atoms with Gasteiger partial charge in [0.05, 0.1) is 12.6 Å². The van der Waals surface area contributed by atoms with Crippen molar-refractivity contribution in [2.45, 2.75) is 12.5 Å². The third-order valence-electron chi connectivity index (χ3n) is 5.08. The van der Waals surface area contributed by atoms with Gasteiger partial charge in [-0.3, -0.25) is 4.90 Å². The van der Waals surface area contributed by atoms with E-state index in [-0.39, 0.29) is 0 Å². The summed E-state index contributed by atoms with van der Waals surface area (Å²) in [5.41, 5.74) is 2.44. The topological polar surface area (TPSA) is 59.5 Å². The molecule has 6 nitrogen and oxygen atoms in total. The first-order valence-electron chi connectivity index (χ1n) is 9.17. The fraction of sp³-hybridized carbons (Fsp3) is 0.273. The summed E-state index contributed by atoms with van der Waals surface area (Å²) in [6.07, 6.45) is 8.17. The number of terminal acetylenes is 1. The lowest BCUT2D eigenvalue weighted by atomic mass is 10.1. The average Bonchev–Trinajstić information content (AvgIpc) is 2.72. The normalized spacial score (nSPS) is 16.2. The molecule has 0 aliphatic carbocycles. The van der Waals surface area contributed by atoms with Crippen molar-refractivity contribution in [3.63, 3.8) is 0 Å². The van der Waals surface area contributed by atoms with E-state index in [1.807, 2.05) is 36.4 Å². The lowest BCUT2D eigenvalue weighted by molar-refractivity contribution is 0.0758. The fourth-order valence-corrected chi connectivity index (χ4v) is 3.23. The number of likely N-dealkylation sites (N-methyl/N-ethyl adjacent to an activating group) is 1. The Kier molecular flexibility index (Phi) is 5.00. The zero-order chi connectivity index (χ0) is 19.5. The number of nitrogens with one attached hydrogen (secondary N) is 1. The monoisotopic (exact) mass is 374 g/mol. The first-order valence-corrected chi connectivity index (χ1v) is 9.17. The highest BCUT2D eigenvalue weighted by Crippen LogP contribution is 2.35. The first-order chi connectivity index (χ1) is 13.7. The van der Waals surface area contributed by atoms with E-state index in [2.05, 4.69) is 33.2 Å². The summed E-state index contributed by atoms with van der Waals surface area (Å²) in [5.74, 6) is 4.68. The maximum absolute atomic E-state index is 6.08. The molecule has 3 aromatic rings. The van der Waals surface area contributed by atoms with Gasteiger partial charge in [0.15, 0.2) is 11.5 Å². The van der Waals surface area contributed by atoms with Crippen LogP contribution in [0.1, 0.15) is 12.0 Å². The van der Waals surface area contributed by atoms with Crippen molar-refractivity contribution >= 4 is 22.4 Å². The van der Waals surface area contributed by atoms with Crippen molar-refractivity contribution in [1.82, 2.24) is 14.9 Å². The van der Waals surface area contributed by atoms with Crippen molar-refractivity contribution in [1.29, 1.82) is 0 Å². The first kappa shape index (κ1) is 18.1. The molecule has 2 aromatic carbocycles. The Labute approximate surface area is 164 Å². The van der Waals surface area contributed by atoms with E-state index in [0.717, 1.165) is 35.1 Å². The van der Waals surface area contributed by atoms with Gasteiger partial charge in [-0.2, -0.15) is 0 Å². The van der Waals surface area contributed by atoms with Crippen LogP contribution in [0.25, 0.3) is 10.9 Å². The maximum atomic E-state index is 6.08. The molecule has 0 amide bonds. The van der Waals surface area contributed by atoms with Crippen molar-refractivity contribution < 1.29 is 9.47 Å². The number of anilines is 2. The lowest BCUT2D eigenvalue weighted by Crippen LogP contribution is -2.48. The van der Waals surface area contributed by atoms with Crippen LogP contribution in [0.5, 0.6) is 11.5 Å². The van der Waals surface area contributed by atoms with Gasteiger partial charge in [-0.25, -0.2) is 9.97 Å². The minimum Gasteiger partial charge on any atom is -0.493 e. The molecule has 142 valence electrons. The number of fused-ring (bicyclic) bond motifs is 1. The van der Waals surface area contributed by atoms with E-state index in [1.165, 1.54) is 6.33 Å². The standard InChI is InChI=1S/C22H22N4O2/c1-4-15-6-5-7-16(10-15)25-22-18-11-21(28-13-17-8-9-26(17)2)20(27-3)12-19(18)23-14-24-22/h1,5-7,10-12,14,17H,8-9,13H2,2-3H3,(H,23,24,25)/t17-/m1/s1. The summed E-state index contributed by atoms with van der Waals surface area (Å²) in [7, 11) is 3.74. The summed E-state index contributed by atoms with van der Waals surface area (Å²) < 4.78 is 11.6. The second-order valence-electron chi connectivity index (χ2n) is 6.83. The van der Waals surface area contributed by atoms with E-state index in [4.69, 9.17) is 15.9 Å². The number of aromatic nitrogens is 2. The Bertz CT molecular complexity index is 1040. The van der Waals surface area contributed by atoms with Gasteiger partial charge >= 0.3 is 0 Å². The molecule has 0 saturated carbocycles. The molecule has 1 saturated heterocycles. The molecule has 0 bridgehead atoms. The number of likely N-dealkylation sites (tertiary alicyclic amines) is 1. The summed E-state index contributed by atoms with van der Waals surface area (Å²) in [5, 5.41) is 4.18. The van der Waals surface area contributed by atoms with Crippen LogP contribution in [-0.4, -0.2) is 48.2 Å². The van der Waals surface area contributed by atoms with Crippen molar-refractivity contribution in [3.8, 4) is 23.8 Å². The van der Waals surface area contributed by atoms with Gasteiger partial charge in [-0.1, -0.05) is 12.0 Å². The number of nitrogens with zero attached hydrogens (tertiary/aromatic N) is 3. The Hall–Kier alpha value is -3.30. The van der Waals surface area contributed by atoms with E-state index >= 15 is 0 Å². The Morgan fingerprint density at radius 1 is 1.25 bits per heavy atom. The van der Waals surface area contributed by atoms with Crippen LogP contribution in [0.2, 0.25) is 0 Å². The molecule has 6 heteroatoms. The predicted molar refractivity (Wildman–Crippen MR) is 110 cm³/mol. The zero-order valence-electron chi connectivity index (χ0n) is 16.0. The molecular weight excluding hydrogens is 352 g/mol. The van der Waals surface area contributed by atoms with Gasteiger partial charge in [-0.05, 0) is 44.3 Å². The number of hydrogen-bond acceptors (Lipinski definition) is 6. The maximum Gasteiger partial charge on any atom is 0.162 e. The highest BCUT2D eigenvalue weighted by molar-refractivity contribution is 5.93. The van der Waals surface area contributed by atoms with Crippen LogP contribution >= 0.6 is 0 Å². The summed E-state index contributed by atoms with van der Waals surface area (Å²) in [6.45, 7) is 1.74. The van der Waals surface area contributed by atoms with E-state index in [1.54, 1.807) is 7.11 Å². The molecule has 0 spiro atoms. The highest BCUT2D eigenvalue weighted by atomic mass is 16.5. The zero-order valence-corrected chi connectivity index (χ0v) is 16.0. The molecule has 1 atom stereocenters. The minimum atomic E-state index is 0.441. The van der Waals surface area contributed by atoms with E-state index in [0.29, 0.717) is 30.0 Å². The van der Waals surface area contributed by atoms with Crippen molar-refractivity contribution in [3.05, 3.63) is 48.3 Å². The minimum absolute atomic E-state index is 0.441. The van der Waals surface area contributed by atoms with E-state index in [9.17, 15) is 0 Å². The smallest absolute Gasteiger partial charge is 0.162 e. The molecule has 4 rings (SSSR count). The number of benzene rings is 2. The number of ether oxygens (including phenoxy) is 2. The van der Waals surface area contributed by atoms with Crippen molar-refractivity contribution in [2.24, 2.45) is 0 Å².